The second-order valence-electron chi connectivity index (χ2n) is 14.2. The standard InChI is InChI=1S/C41H37N3O2.Pt/c1-25-19-27(39-43-34-22-26-11-7-8-12-31(26)38(34)46-39)21-30(20-25)45-29-15-16-33-36(24-29)44(35-14-10-9-13-32(35)41(33,5)6)37-23-28(17-18-42-37)40(2,3)4;/h7-20,23,34,38H,22H2,1-6H3;/q-2;+2/t34-,38+;/m1./s1. The molecule has 0 unspecified atom stereocenters. The first kappa shape index (κ1) is 31.4. The van der Waals surface area contributed by atoms with Crippen LogP contribution in [-0.4, -0.2) is 16.9 Å². The first-order chi connectivity index (χ1) is 22.1. The number of anilines is 3. The van der Waals surface area contributed by atoms with Crippen LogP contribution in [0.4, 0.5) is 17.2 Å². The number of aliphatic imine (C=N–C) groups is 1. The quantitative estimate of drug-likeness (QED) is 0.170. The fourth-order valence-electron chi connectivity index (χ4n) is 7.11. The van der Waals surface area contributed by atoms with Crippen molar-refractivity contribution in [2.75, 3.05) is 4.90 Å². The molecular formula is C41H37N3O2Pt. The second kappa shape index (κ2) is 11.5. The van der Waals surface area contributed by atoms with Gasteiger partial charge in [0, 0.05) is 23.4 Å². The molecule has 0 saturated carbocycles. The van der Waals surface area contributed by atoms with Crippen LogP contribution in [0.25, 0.3) is 0 Å². The number of aryl methyl sites for hydroxylation is 1. The van der Waals surface area contributed by atoms with E-state index in [0.29, 0.717) is 17.4 Å². The molecule has 4 aromatic carbocycles. The van der Waals surface area contributed by atoms with Crippen LogP contribution in [0, 0.1) is 19.1 Å². The van der Waals surface area contributed by atoms with Crippen molar-refractivity contribution >= 4 is 23.1 Å². The van der Waals surface area contributed by atoms with Crippen molar-refractivity contribution in [3.8, 4) is 11.5 Å². The number of ether oxygens (including phenoxy) is 2. The van der Waals surface area contributed by atoms with Crippen molar-refractivity contribution in [2.24, 2.45) is 4.99 Å². The molecule has 5 aromatic rings. The normalized spacial score (nSPS) is 18.6. The number of benzene rings is 4. The fraction of sp³-hybridized carbons (Fsp3) is 0.268. The van der Waals surface area contributed by atoms with Gasteiger partial charge in [-0.15, -0.1) is 29.3 Å². The summed E-state index contributed by atoms with van der Waals surface area (Å²) in [5.74, 6) is 2.70. The molecule has 5 nitrogen and oxygen atoms in total. The zero-order valence-electron chi connectivity index (χ0n) is 27.5. The van der Waals surface area contributed by atoms with Gasteiger partial charge in [-0.3, -0.25) is 4.99 Å². The molecule has 0 spiro atoms. The van der Waals surface area contributed by atoms with Gasteiger partial charge in [-0.2, -0.15) is 6.07 Å². The molecule has 1 aliphatic carbocycles. The SMILES string of the molecule is Cc1cc(Oc2[c-]c3c(cc2)C(C)(C)c2ccccc2N3c2cc(C(C)(C)C)ccn2)[c-]c(C2=N[C@@H]3Cc4ccccc4[C@@H]3O2)c1.[Pt+2]. The number of hydrogen-bond acceptors (Lipinski definition) is 5. The number of para-hydroxylation sites is 1. The minimum absolute atomic E-state index is 0. The number of nitrogens with zero attached hydrogens (tertiary/aromatic N) is 3. The van der Waals surface area contributed by atoms with Gasteiger partial charge < -0.3 is 14.4 Å². The molecule has 0 N–H and O–H groups in total. The van der Waals surface area contributed by atoms with Gasteiger partial charge in [0.25, 0.3) is 0 Å². The summed E-state index contributed by atoms with van der Waals surface area (Å²) >= 11 is 0. The van der Waals surface area contributed by atoms with E-state index in [1.165, 1.54) is 22.3 Å². The van der Waals surface area contributed by atoms with Gasteiger partial charge in [0.2, 0.25) is 0 Å². The Bertz CT molecular complexity index is 2040. The van der Waals surface area contributed by atoms with Crippen LogP contribution in [-0.2, 0) is 43.1 Å². The Kier molecular flexibility index (Phi) is 7.67. The molecule has 238 valence electrons. The van der Waals surface area contributed by atoms with Crippen LogP contribution in [0.5, 0.6) is 11.5 Å². The minimum Gasteiger partial charge on any atom is -0.510 e. The average molecular weight is 799 g/mol. The maximum atomic E-state index is 6.53. The molecule has 2 aliphatic heterocycles. The van der Waals surface area contributed by atoms with Crippen molar-refractivity contribution in [3.05, 3.63) is 142 Å². The maximum Gasteiger partial charge on any atom is 2.00 e. The monoisotopic (exact) mass is 798 g/mol. The van der Waals surface area contributed by atoms with Crippen LogP contribution >= 0.6 is 0 Å². The molecule has 0 radical (unpaired) electrons. The van der Waals surface area contributed by atoms with Crippen LogP contribution in [0.2, 0.25) is 0 Å². The van der Waals surface area contributed by atoms with Crippen LogP contribution in [0.15, 0.2) is 96.1 Å². The zero-order chi connectivity index (χ0) is 31.8. The number of aromatic nitrogens is 1. The Morgan fingerprint density at radius 3 is 2.51 bits per heavy atom. The molecule has 3 aliphatic rings. The minimum atomic E-state index is -0.240. The fourth-order valence-corrected chi connectivity index (χ4v) is 7.11. The van der Waals surface area contributed by atoms with Gasteiger partial charge in [0.15, 0.2) is 0 Å². The van der Waals surface area contributed by atoms with Gasteiger partial charge in [-0.1, -0.05) is 107 Å². The third-order valence-corrected chi connectivity index (χ3v) is 9.55. The second-order valence-corrected chi connectivity index (χ2v) is 14.2. The predicted molar refractivity (Wildman–Crippen MR) is 183 cm³/mol. The summed E-state index contributed by atoms with van der Waals surface area (Å²) in [6.45, 7) is 13.3. The van der Waals surface area contributed by atoms with Crippen LogP contribution in [0.3, 0.4) is 0 Å². The average Bonchev–Trinajstić information content (AvgIpc) is 3.59. The van der Waals surface area contributed by atoms with Crippen LogP contribution < -0.4 is 9.64 Å². The molecule has 0 saturated heterocycles. The Hall–Kier alpha value is -4.21. The van der Waals surface area contributed by atoms with Gasteiger partial charge in [0.05, 0.1) is 6.04 Å². The van der Waals surface area contributed by atoms with Gasteiger partial charge in [-0.25, -0.2) is 4.98 Å². The van der Waals surface area contributed by atoms with E-state index >= 15 is 0 Å². The Balaban J connectivity index is 0.00000351. The molecule has 8 rings (SSSR count). The van der Waals surface area contributed by atoms with E-state index in [1.54, 1.807) is 0 Å². The first-order valence-electron chi connectivity index (χ1n) is 16.0. The van der Waals surface area contributed by atoms with E-state index in [4.69, 9.17) is 19.5 Å². The molecule has 1 aromatic heterocycles. The van der Waals surface area contributed by atoms with Crippen molar-refractivity contribution in [1.82, 2.24) is 4.98 Å². The van der Waals surface area contributed by atoms with Gasteiger partial charge in [0.1, 0.15) is 17.8 Å². The van der Waals surface area contributed by atoms with Crippen LogP contribution in [0.1, 0.15) is 79.7 Å². The first-order valence-corrected chi connectivity index (χ1v) is 16.0. The van der Waals surface area contributed by atoms with Crippen molar-refractivity contribution in [1.29, 1.82) is 0 Å². The third kappa shape index (κ3) is 5.39. The van der Waals surface area contributed by atoms with E-state index in [0.717, 1.165) is 40.3 Å². The molecule has 3 heterocycles. The molecular weight excluding hydrogens is 762 g/mol. The van der Waals surface area contributed by atoms with E-state index in [1.807, 2.05) is 18.3 Å². The number of hydrogen-bond donors (Lipinski definition) is 0. The summed E-state index contributed by atoms with van der Waals surface area (Å²) in [6, 6.07) is 36.8. The molecule has 0 amide bonds. The smallest absolute Gasteiger partial charge is 0.510 e. The summed E-state index contributed by atoms with van der Waals surface area (Å²) in [6.07, 6.45) is 2.76. The summed E-state index contributed by atoms with van der Waals surface area (Å²) in [7, 11) is 0. The zero-order valence-corrected chi connectivity index (χ0v) is 29.8. The molecule has 0 fully saturated rings. The largest absolute Gasteiger partial charge is 2.00 e. The summed E-state index contributed by atoms with van der Waals surface area (Å²) in [5, 5.41) is 0. The summed E-state index contributed by atoms with van der Waals surface area (Å²) in [4.78, 5) is 12.1. The number of fused-ring (bicyclic) bond motifs is 5. The molecule has 6 heteroatoms. The molecule has 2 atom stereocenters. The third-order valence-electron chi connectivity index (χ3n) is 9.55. The Morgan fingerprint density at radius 2 is 1.68 bits per heavy atom. The van der Waals surface area contributed by atoms with Gasteiger partial charge >= 0.3 is 21.1 Å². The molecule has 47 heavy (non-hydrogen) atoms. The topological polar surface area (TPSA) is 47.0 Å². The number of pyridine rings is 1. The summed E-state index contributed by atoms with van der Waals surface area (Å²) < 4.78 is 13.0. The molecule has 0 bridgehead atoms. The van der Waals surface area contributed by atoms with E-state index in [9.17, 15) is 0 Å². The van der Waals surface area contributed by atoms with Gasteiger partial charge in [-0.05, 0) is 57.7 Å². The van der Waals surface area contributed by atoms with E-state index in [2.05, 4.69) is 131 Å². The van der Waals surface area contributed by atoms with E-state index in [-0.39, 0.29) is 44.0 Å². The number of rotatable bonds is 4. The van der Waals surface area contributed by atoms with Crippen molar-refractivity contribution in [3.63, 3.8) is 0 Å². The Morgan fingerprint density at radius 1 is 0.894 bits per heavy atom. The van der Waals surface area contributed by atoms with Crippen molar-refractivity contribution in [2.45, 2.75) is 70.9 Å². The maximum absolute atomic E-state index is 6.53. The summed E-state index contributed by atoms with van der Waals surface area (Å²) in [5.41, 5.74) is 9.81. The van der Waals surface area contributed by atoms with Crippen molar-refractivity contribution < 1.29 is 30.5 Å². The van der Waals surface area contributed by atoms with E-state index < -0.39 is 0 Å². The Labute approximate surface area is 292 Å². The predicted octanol–water partition coefficient (Wildman–Crippen LogP) is 9.63.